The van der Waals surface area contributed by atoms with Crippen molar-refractivity contribution >= 4 is 5.97 Å². The van der Waals surface area contributed by atoms with E-state index in [2.05, 4.69) is 4.74 Å². The van der Waals surface area contributed by atoms with Crippen LogP contribution in [0.4, 0.5) is 0 Å². The van der Waals surface area contributed by atoms with Crippen molar-refractivity contribution in [1.82, 2.24) is 0 Å². The van der Waals surface area contributed by atoms with Crippen molar-refractivity contribution in [2.45, 2.75) is 26.9 Å². The molecule has 1 N–H and O–H groups in total. The molecule has 0 fully saturated rings. The molecule has 0 aromatic carbocycles. The molecule has 12 heavy (non-hydrogen) atoms. The summed E-state index contributed by atoms with van der Waals surface area (Å²) in [6, 6.07) is 0. The van der Waals surface area contributed by atoms with Crippen LogP contribution in [0.2, 0.25) is 0 Å². The second-order valence-corrected chi connectivity index (χ2v) is 2.63. The van der Waals surface area contributed by atoms with Gasteiger partial charge in [0.15, 0.2) is 0 Å². The first-order valence-electron chi connectivity index (χ1n) is 4.41. The van der Waals surface area contributed by atoms with Crippen molar-refractivity contribution in [3.63, 3.8) is 0 Å². The van der Waals surface area contributed by atoms with E-state index in [4.69, 9.17) is 1.37 Å². The molecular formula is C9H16O3. The molecular weight excluding hydrogens is 156 g/mol. The van der Waals surface area contributed by atoms with Gasteiger partial charge in [-0.25, -0.2) is 4.79 Å². The Labute approximate surface area is 74.4 Å². The van der Waals surface area contributed by atoms with E-state index in [1.54, 1.807) is 20.8 Å². The minimum atomic E-state index is -0.997. The molecule has 1 atom stereocenters. The van der Waals surface area contributed by atoms with Crippen molar-refractivity contribution in [2.24, 2.45) is 5.89 Å². The van der Waals surface area contributed by atoms with E-state index < -0.39 is 18.0 Å². The van der Waals surface area contributed by atoms with Crippen LogP contribution < -0.4 is 0 Å². The summed E-state index contributed by atoms with van der Waals surface area (Å²) in [5.41, 5.74) is 0. The Kier molecular flexibility index (Phi) is 4.46. The Morgan fingerprint density at radius 1 is 1.75 bits per heavy atom. The first kappa shape index (κ1) is 9.26. The maximum Gasteiger partial charge on any atom is 0.330 e. The lowest BCUT2D eigenvalue weighted by molar-refractivity contribution is -0.137. The maximum atomic E-state index is 10.8. The molecule has 0 aliphatic carbocycles. The fourth-order valence-electron chi connectivity index (χ4n) is 0.553. The Morgan fingerprint density at radius 3 is 2.75 bits per heavy atom. The molecule has 3 nitrogen and oxygen atoms in total. The molecule has 0 heterocycles. The van der Waals surface area contributed by atoms with Gasteiger partial charge in [0, 0.05) is 7.45 Å². The lowest BCUT2D eigenvalue weighted by atomic mass is 10.1. The van der Waals surface area contributed by atoms with Gasteiger partial charge < -0.3 is 9.84 Å². The number of hydrogen-bond acceptors (Lipinski definition) is 3. The van der Waals surface area contributed by atoms with Crippen molar-refractivity contribution < 1.29 is 16.0 Å². The molecule has 0 radical (unpaired) electrons. The second-order valence-electron chi connectivity index (χ2n) is 2.63. The topological polar surface area (TPSA) is 46.5 Å². The first-order valence-corrected chi connectivity index (χ1v) is 3.91. The van der Waals surface area contributed by atoms with E-state index in [1.807, 2.05) is 0 Å². The van der Waals surface area contributed by atoms with Crippen molar-refractivity contribution in [3.8, 4) is 0 Å². The van der Waals surface area contributed by atoms with Gasteiger partial charge in [-0.3, -0.25) is 0 Å². The van der Waals surface area contributed by atoms with Gasteiger partial charge in [-0.1, -0.05) is 13.8 Å². The van der Waals surface area contributed by atoms with Crippen LogP contribution in [0.1, 0.15) is 22.1 Å². The number of esters is 1. The predicted molar refractivity (Wildman–Crippen MR) is 46.6 cm³/mol. The van der Waals surface area contributed by atoms with E-state index in [9.17, 15) is 9.90 Å². The lowest BCUT2D eigenvalue weighted by Gasteiger charge is -2.07. The molecule has 0 saturated carbocycles. The zero-order valence-electron chi connectivity index (χ0n) is 8.70. The maximum absolute atomic E-state index is 10.8. The van der Waals surface area contributed by atoms with Gasteiger partial charge in [-0.2, -0.15) is 0 Å². The van der Waals surface area contributed by atoms with Gasteiger partial charge in [0.1, 0.15) is 0 Å². The average Bonchev–Trinajstić information content (AvgIpc) is 1.99. The molecule has 3 heteroatoms. The molecule has 0 bridgehead atoms. The fraction of sp³-hybridized carbons (Fsp3) is 0.667. The Bertz CT molecular complexity index is 194. The summed E-state index contributed by atoms with van der Waals surface area (Å²) in [7, 11) is 0. The summed E-state index contributed by atoms with van der Waals surface area (Å²) in [5, 5.41) is 9.32. The molecule has 0 aromatic rings. The standard InChI is InChI=1S/C9H16O3/c1-4-12-9(11)6-5-8(10)7(2)3/h5-8,10H,4H2,1-3H3/b6-5+/i7D. The van der Waals surface area contributed by atoms with Gasteiger partial charge in [0.2, 0.25) is 0 Å². The molecule has 0 spiro atoms. The number of ether oxygens (including phenoxy) is 1. The van der Waals surface area contributed by atoms with Crippen molar-refractivity contribution in [3.05, 3.63) is 12.2 Å². The average molecular weight is 173 g/mol. The highest BCUT2D eigenvalue weighted by Gasteiger charge is 2.04. The summed E-state index contributed by atoms with van der Waals surface area (Å²) in [6.45, 7) is 5.14. The Balaban J connectivity index is 4.05. The van der Waals surface area contributed by atoms with E-state index in [0.717, 1.165) is 6.08 Å². The number of carbonyl (C=O) groups is 1. The Morgan fingerprint density at radius 2 is 2.33 bits per heavy atom. The summed E-state index contributed by atoms with van der Waals surface area (Å²) >= 11 is 0. The van der Waals surface area contributed by atoms with Crippen LogP contribution in [0.3, 0.4) is 0 Å². The summed E-state index contributed by atoms with van der Waals surface area (Å²) in [4.78, 5) is 10.8. The monoisotopic (exact) mass is 173 g/mol. The fourth-order valence-corrected chi connectivity index (χ4v) is 0.553. The molecule has 0 amide bonds. The minimum Gasteiger partial charge on any atom is -0.463 e. The highest BCUT2D eigenvalue weighted by molar-refractivity contribution is 5.81. The van der Waals surface area contributed by atoms with Gasteiger partial charge in [0.05, 0.1) is 12.7 Å². The molecule has 0 aromatic heterocycles. The third kappa shape index (κ3) is 4.91. The first-order chi connectivity index (χ1) is 5.88. The number of aliphatic hydroxyl groups excluding tert-OH is 1. The van der Waals surface area contributed by atoms with Crippen LogP contribution in [0, 0.1) is 5.89 Å². The molecule has 0 saturated heterocycles. The van der Waals surface area contributed by atoms with E-state index >= 15 is 0 Å². The second kappa shape index (κ2) is 5.77. The highest BCUT2D eigenvalue weighted by atomic mass is 16.5. The zero-order chi connectivity index (χ0) is 10.5. The third-order valence-corrected chi connectivity index (χ3v) is 1.29. The molecule has 0 aliphatic heterocycles. The van der Waals surface area contributed by atoms with Crippen molar-refractivity contribution in [1.29, 1.82) is 0 Å². The minimum absolute atomic E-state index is 0.309. The van der Waals surface area contributed by atoms with Crippen LogP contribution >= 0.6 is 0 Å². The molecule has 0 rings (SSSR count). The van der Waals surface area contributed by atoms with Crippen LogP contribution in [-0.4, -0.2) is 23.8 Å². The number of carbonyl (C=O) groups excluding carboxylic acids is 1. The normalized spacial score (nSPS) is 15.8. The number of hydrogen-bond donors (Lipinski definition) is 1. The van der Waals surface area contributed by atoms with E-state index in [1.165, 1.54) is 6.08 Å². The zero-order valence-corrected chi connectivity index (χ0v) is 7.70. The quantitative estimate of drug-likeness (QED) is 0.512. The summed E-state index contributed by atoms with van der Waals surface area (Å²) < 4.78 is 12.0. The van der Waals surface area contributed by atoms with Gasteiger partial charge in [0.25, 0.3) is 0 Å². The van der Waals surface area contributed by atoms with Crippen molar-refractivity contribution in [2.75, 3.05) is 6.61 Å². The lowest BCUT2D eigenvalue weighted by Crippen LogP contribution is -2.11. The summed E-state index contributed by atoms with van der Waals surface area (Å²) in [5.74, 6) is -1.49. The largest absolute Gasteiger partial charge is 0.463 e. The predicted octanol–water partition coefficient (Wildman–Crippen LogP) is 1.12. The van der Waals surface area contributed by atoms with Gasteiger partial charge in [-0.05, 0) is 18.9 Å². The van der Waals surface area contributed by atoms with Gasteiger partial charge >= 0.3 is 5.97 Å². The van der Waals surface area contributed by atoms with Crippen LogP contribution in [0.15, 0.2) is 12.2 Å². The molecule has 1 unspecified atom stereocenters. The highest BCUT2D eigenvalue weighted by Crippen LogP contribution is 2.01. The van der Waals surface area contributed by atoms with Crippen LogP contribution in [-0.2, 0) is 9.53 Å². The molecule has 70 valence electrons. The SMILES string of the molecule is [2H]C(C)(C)C(O)/C=C/C(=O)OCC. The van der Waals surface area contributed by atoms with E-state index in [-0.39, 0.29) is 0 Å². The third-order valence-electron chi connectivity index (χ3n) is 1.29. The smallest absolute Gasteiger partial charge is 0.330 e. The number of rotatable bonds is 4. The Hall–Kier alpha value is -0.830. The van der Waals surface area contributed by atoms with Crippen LogP contribution in [0.25, 0.3) is 0 Å². The number of aliphatic hydroxyl groups is 1. The molecule has 0 aliphatic rings. The summed E-state index contributed by atoms with van der Waals surface area (Å²) in [6.07, 6.45) is 1.45. The van der Waals surface area contributed by atoms with Gasteiger partial charge in [-0.15, -0.1) is 0 Å². The van der Waals surface area contributed by atoms with Crippen LogP contribution in [0.5, 0.6) is 0 Å². The van der Waals surface area contributed by atoms with E-state index in [0.29, 0.717) is 6.61 Å².